The van der Waals surface area contributed by atoms with Crippen molar-refractivity contribution in [2.75, 3.05) is 6.61 Å². The van der Waals surface area contributed by atoms with Crippen molar-refractivity contribution in [2.45, 2.75) is 45.1 Å². The lowest BCUT2D eigenvalue weighted by molar-refractivity contribution is -0.126. The summed E-state index contributed by atoms with van der Waals surface area (Å²) in [6.45, 7) is 1.07. The summed E-state index contributed by atoms with van der Waals surface area (Å²) < 4.78 is 0. The zero-order valence-corrected chi connectivity index (χ0v) is 17.4. The average Bonchev–Trinajstić information content (AvgIpc) is 3.59. The minimum atomic E-state index is -0.672. The molecule has 3 rings (SSSR count). The standard InChI is InChI=1S/C26H29NO3/c1-18(27)24(26(30)17-28)16-25(29)23-14-12-22(13-15-23)11-10-21-8-6-20(7-9-21)5-4-19-2-3-19/h6-9,12-15,18-19,24,28H,2-5,16-17,27H2,1H3/t18-,24-/m0/s1. The van der Waals surface area contributed by atoms with E-state index in [-0.39, 0.29) is 12.2 Å². The Kier molecular flexibility index (Phi) is 7.57. The molecule has 0 radical (unpaired) electrons. The summed E-state index contributed by atoms with van der Waals surface area (Å²) in [4.78, 5) is 24.3. The molecule has 0 amide bonds. The second kappa shape index (κ2) is 10.3. The Bertz CT molecular complexity index is 929. The van der Waals surface area contributed by atoms with Crippen LogP contribution in [0.5, 0.6) is 0 Å². The van der Waals surface area contributed by atoms with E-state index < -0.39 is 24.3 Å². The molecule has 30 heavy (non-hydrogen) atoms. The third kappa shape index (κ3) is 6.38. The number of ketones is 2. The fourth-order valence-electron chi connectivity index (χ4n) is 3.44. The topological polar surface area (TPSA) is 80.4 Å². The smallest absolute Gasteiger partial charge is 0.163 e. The lowest BCUT2D eigenvalue weighted by Crippen LogP contribution is -2.36. The fraction of sp³-hybridized carbons (Fsp3) is 0.385. The molecule has 0 bridgehead atoms. The van der Waals surface area contributed by atoms with Crippen LogP contribution in [0.25, 0.3) is 0 Å². The molecule has 0 aliphatic heterocycles. The Morgan fingerprint density at radius 2 is 1.60 bits per heavy atom. The maximum Gasteiger partial charge on any atom is 0.163 e. The number of hydrogen-bond donors (Lipinski definition) is 2. The molecular formula is C26H29NO3. The van der Waals surface area contributed by atoms with Gasteiger partial charge in [-0.05, 0) is 55.5 Å². The summed E-state index contributed by atoms with van der Waals surface area (Å²) in [6, 6.07) is 15.0. The second-order valence-corrected chi connectivity index (χ2v) is 8.22. The van der Waals surface area contributed by atoms with Gasteiger partial charge in [-0.1, -0.05) is 48.9 Å². The van der Waals surface area contributed by atoms with Crippen molar-refractivity contribution in [3.63, 3.8) is 0 Å². The number of carbonyl (C=O) groups is 2. The van der Waals surface area contributed by atoms with Crippen LogP contribution in [0.4, 0.5) is 0 Å². The molecule has 1 fully saturated rings. The molecule has 2 atom stereocenters. The summed E-state index contributed by atoms with van der Waals surface area (Å²) in [7, 11) is 0. The van der Waals surface area contributed by atoms with E-state index in [2.05, 4.69) is 36.1 Å². The van der Waals surface area contributed by atoms with Crippen LogP contribution in [-0.2, 0) is 11.2 Å². The normalized spacial score (nSPS) is 15.0. The minimum absolute atomic E-state index is 0.00478. The summed E-state index contributed by atoms with van der Waals surface area (Å²) in [5, 5.41) is 9.06. The van der Waals surface area contributed by atoms with Gasteiger partial charge in [0.15, 0.2) is 11.6 Å². The first-order valence-electron chi connectivity index (χ1n) is 10.6. The average molecular weight is 404 g/mol. The molecule has 0 heterocycles. The van der Waals surface area contributed by atoms with Gasteiger partial charge in [0.2, 0.25) is 0 Å². The number of aliphatic hydroxyl groups excluding tert-OH is 1. The van der Waals surface area contributed by atoms with Crippen molar-refractivity contribution >= 4 is 11.6 Å². The molecule has 1 saturated carbocycles. The van der Waals surface area contributed by atoms with E-state index in [0.29, 0.717) is 5.56 Å². The van der Waals surface area contributed by atoms with Crippen molar-refractivity contribution in [1.82, 2.24) is 0 Å². The van der Waals surface area contributed by atoms with E-state index in [4.69, 9.17) is 10.8 Å². The highest BCUT2D eigenvalue weighted by Gasteiger charge is 2.25. The molecule has 4 heteroatoms. The van der Waals surface area contributed by atoms with Gasteiger partial charge in [0.05, 0.1) is 0 Å². The van der Waals surface area contributed by atoms with Crippen molar-refractivity contribution in [3.05, 3.63) is 70.8 Å². The van der Waals surface area contributed by atoms with Crippen LogP contribution in [0.1, 0.15) is 59.7 Å². The van der Waals surface area contributed by atoms with Gasteiger partial charge in [-0.25, -0.2) is 0 Å². The van der Waals surface area contributed by atoms with Crippen LogP contribution in [0.2, 0.25) is 0 Å². The summed E-state index contributed by atoms with van der Waals surface area (Å²) >= 11 is 0. The number of nitrogens with two attached hydrogens (primary N) is 1. The predicted molar refractivity (Wildman–Crippen MR) is 118 cm³/mol. The van der Waals surface area contributed by atoms with E-state index in [0.717, 1.165) is 23.5 Å². The second-order valence-electron chi connectivity index (χ2n) is 8.22. The van der Waals surface area contributed by atoms with Crippen LogP contribution >= 0.6 is 0 Å². The monoisotopic (exact) mass is 403 g/mol. The molecule has 1 aliphatic rings. The number of carbonyl (C=O) groups excluding carboxylic acids is 2. The summed E-state index contributed by atoms with van der Waals surface area (Å²) in [5.74, 6) is 5.99. The van der Waals surface area contributed by atoms with Crippen LogP contribution < -0.4 is 5.73 Å². The molecule has 0 saturated heterocycles. The molecular weight excluding hydrogens is 374 g/mol. The van der Waals surface area contributed by atoms with Gasteiger partial charge in [-0.2, -0.15) is 0 Å². The molecule has 0 aromatic heterocycles. The number of Topliss-reactive ketones (excluding diaryl/α,β-unsaturated/α-hetero) is 2. The first kappa shape index (κ1) is 22.0. The first-order chi connectivity index (χ1) is 14.5. The van der Waals surface area contributed by atoms with Crippen molar-refractivity contribution in [3.8, 4) is 11.8 Å². The molecule has 2 aromatic rings. The molecule has 3 N–H and O–H groups in total. The first-order valence-corrected chi connectivity index (χ1v) is 10.6. The SMILES string of the molecule is C[C@H](N)[C@H](CC(=O)c1ccc(C#Cc2ccc(CCC3CC3)cc2)cc1)C(=O)CO. The van der Waals surface area contributed by atoms with Gasteiger partial charge in [-0.3, -0.25) is 9.59 Å². The highest BCUT2D eigenvalue weighted by Crippen LogP contribution is 2.33. The van der Waals surface area contributed by atoms with E-state index in [9.17, 15) is 9.59 Å². The largest absolute Gasteiger partial charge is 0.389 e. The van der Waals surface area contributed by atoms with Gasteiger partial charge in [0, 0.05) is 35.1 Å². The fourth-order valence-corrected chi connectivity index (χ4v) is 3.44. The lowest BCUT2D eigenvalue weighted by atomic mass is 9.89. The highest BCUT2D eigenvalue weighted by atomic mass is 16.3. The maximum absolute atomic E-state index is 12.5. The van der Waals surface area contributed by atoms with E-state index in [1.54, 1.807) is 31.2 Å². The van der Waals surface area contributed by atoms with Crippen LogP contribution in [-0.4, -0.2) is 29.3 Å². The Labute approximate surface area is 178 Å². The zero-order valence-electron chi connectivity index (χ0n) is 17.4. The highest BCUT2D eigenvalue weighted by molar-refractivity contribution is 5.99. The van der Waals surface area contributed by atoms with Gasteiger partial charge in [0.25, 0.3) is 0 Å². The van der Waals surface area contributed by atoms with Gasteiger partial charge >= 0.3 is 0 Å². The van der Waals surface area contributed by atoms with E-state index in [1.165, 1.54) is 24.8 Å². The number of aryl methyl sites for hydroxylation is 1. The third-order valence-corrected chi connectivity index (χ3v) is 5.66. The molecule has 156 valence electrons. The zero-order chi connectivity index (χ0) is 21.5. The molecule has 0 unspecified atom stereocenters. The number of benzene rings is 2. The Morgan fingerprint density at radius 3 is 2.10 bits per heavy atom. The molecule has 2 aromatic carbocycles. The number of rotatable bonds is 9. The van der Waals surface area contributed by atoms with Crippen LogP contribution in [0.15, 0.2) is 48.5 Å². The Balaban J connectivity index is 1.59. The predicted octanol–water partition coefficient (Wildman–Crippen LogP) is 3.53. The Morgan fingerprint density at radius 1 is 1.03 bits per heavy atom. The van der Waals surface area contributed by atoms with Crippen LogP contribution in [0, 0.1) is 23.7 Å². The molecule has 0 spiro atoms. The van der Waals surface area contributed by atoms with Gasteiger partial charge < -0.3 is 10.8 Å². The molecule has 4 nitrogen and oxygen atoms in total. The van der Waals surface area contributed by atoms with Gasteiger partial charge in [-0.15, -0.1) is 0 Å². The van der Waals surface area contributed by atoms with E-state index in [1.807, 2.05) is 0 Å². The Hall–Kier alpha value is -2.74. The third-order valence-electron chi connectivity index (χ3n) is 5.66. The van der Waals surface area contributed by atoms with Crippen molar-refractivity contribution < 1.29 is 14.7 Å². The lowest BCUT2D eigenvalue weighted by Gasteiger charge is -2.17. The quantitative estimate of drug-likeness (QED) is 0.496. The maximum atomic E-state index is 12.5. The number of hydrogen-bond acceptors (Lipinski definition) is 4. The van der Waals surface area contributed by atoms with Crippen LogP contribution in [0.3, 0.4) is 0 Å². The number of aliphatic hydroxyl groups is 1. The minimum Gasteiger partial charge on any atom is -0.389 e. The molecule has 1 aliphatic carbocycles. The van der Waals surface area contributed by atoms with Crippen molar-refractivity contribution in [1.29, 1.82) is 0 Å². The van der Waals surface area contributed by atoms with E-state index >= 15 is 0 Å². The van der Waals surface area contributed by atoms with Crippen molar-refractivity contribution in [2.24, 2.45) is 17.6 Å². The van der Waals surface area contributed by atoms with Gasteiger partial charge in [0.1, 0.15) is 6.61 Å². The summed E-state index contributed by atoms with van der Waals surface area (Å²) in [5.41, 5.74) is 9.45. The summed E-state index contributed by atoms with van der Waals surface area (Å²) in [6.07, 6.45) is 5.20.